The first-order valence-corrected chi connectivity index (χ1v) is 6.45. The number of methoxy groups -OCH3 is 1. The van der Waals surface area contributed by atoms with E-state index >= 15 is 0 Å². The van der Waals surface area contributed by atoms with Gasteiger partial charge in [0.05, 0.1) is 30.1 Å². The van der Waals surface area contributed by atoms with Crippen LogP contribution in [0.15, 0.2) is 24.4 Å². The lowest BCUT2D eigenvalue weighted by Crippen LogP contribution is -2.21. The number of halogens is 1. The van der Waals surface area contributed by atoms with Gasteiger partial charge in [-0.25, -0.2) is 0 Å². The Morgan fingerprint density at radius 2 is 2.16 bits per heavy atom. The van der Waals surface area contributed by atoms with Crippen LogP contribution in [-0.4, -0.2) is 23.9 Å². The molecule has 0 aliphatic carbocycles. The third kappa shape index (κ3) is 2.60. The maximum absolute atomic E-state index is 6.24. The quantitative estimate of drug-likeness (QED) is 0.935. The third-order valence-electron chi connectivity index (χ3n) is 3.20. The Balaban J connectivity index is 2.57. The highest BCUT2D eigenvalue weighted by Gasteiger charge is 2.22. The van der Waals surface area contributed by atoms with Gasteiger partial charge in [0, 0.05) is 12.6 Å². The molecule has 1 heterocycles. The lowest BCUT2D eigenvalue weighted by Gasteiger charge is -2.20. The summed E-state index contributed by atoms with van der Waals surface area (Å²) >= 11 is 6.24. The van der Waals surface area contributed by atoms with Crippen LogP contribution in [0.4, 0.5) is 0 Å². The van der Waals surface area contributed by atoms with Crippen molar-refractivity contribution in [3.8, 4) is 5.75 Å². The number of nitrogens with zero attached hydrogens (tertiary/aromatic N) is 2. The van der Waals surface area contributed by atoms with Crippen LogP contribution in [-0.2, 0) is 7.05 Å². The van der Waals surface area contributed by atoms with Gasteiger partial charge in [-0.15, -0.1) is 0 Å². The van der Waals surface area contributed by atoms with E-state index in [0.29, 0.717) is 5.02 Å². The molecule has 0 saturated heterocycles. The molecule has 1 N–H and O–H groups in total. The fraction of sp³-hybridized carbons (Fsp3) is 0.357. The molecule has 0 spiro atoms. The van der Waals surface area contributed by atoms with Crippen molar-refractivity contribution in [2.24, 2.45) is 7.05 Å². The monoisotopic (exact) mass is 279 g/mol. The fourth-order valence-corrected chi connectivity index (χ4v) is 2.54. The summed E-state index contributed by atoms with van der Waals surface area (Å²) < 4.78 is 7.23. The molecule has 5 heteroatoms. The summed E-state index contributed by atoms with van der Waals surface area (Å²) in [6.45, 7) is 2.06. The van der Waals surface area contributed by atoms with Crippen LogP contribution in [0.3, 0.4) is 0 Å². The van der Waals surface area contributed by atoms with Crippen molar-refractivity contribution in [1.82, 2.24) is 15.1 Å². The van der Waals surface area contributed by atoms with E-state index in [4.69, 9.17) is 16.3 Å². The maximum atomic E-state index is 6.24. The Kier molecular flexibility index (Phi) is 4.12. The largest absolute Gasteiger partial charge is 0.496 e. The second-order valence-electron chi connectivity index (χ2n) is 4.47. The van der Waals surface area contributed by atoms with Gasteiger partial charge in [-0.3, -0.25) is 4.68 Å². The predicted octanol–water partition coefficient (Wildman–Crippen LogP) is 2.70. The van der Waals surface area contributed by atoms with Crippen molar-refractivity contribution >= 4 is 11.6 Å². The van der Waals surface area contributed by atoms with Crippen molar-refractivity contribution in [1.29, 1.82) is 0 Å². The highest BCUT2D eigenvalue weighted by molar-refractivity contribution is 6.31. The van der Waals surface area contributed by atoms with Crippen LogP contribution >= 0.6 is 11.6 Å². The molecule has 1 aromatic carbocycles. The van der Waals surface area contributed by atoms with Gasteiger partial charge in [-0.2, -0.15) is 5.10 Å². The van der Waals surface area contributed by atoms with Gasteiger partial charge in [0.1, 0.15) is 5.75 Å². The summed E-state index contributed by atoms with van der Waals surface area (Å²) in [5.41, 5.74) is 3.15. The van der Waals surface area contributed by atoms with Crippen molar-refractivity contribution in [2.45, 2.75) is 13.0 Å². The molecule has 2 aromatic rings. The molecule has 0 bridgehead atoms. The van der Waals surface area contributed by atoms with E-state index < -0.39 is 0 Å². The normalized spacial score (nSPS) is 12.5. The molecule has 1 unspecified atom stereocenters. The zero-order chi connectivity index (χ0) is 14.0. The minimum absolute atomic E-state index is 0.0603. The van der Waals surface area contributed by atoms with Gasteiger partial charge < -0.3 is 10.1 Å². The number of benzene rings is 1. The van der Waals surface area contributed by atoms with Gasteiger partial charge in [-0.05, 0) is 20.0 Å². The van der Waals surface area contributed by atoms with E-state index in [0.717, 1.165) is 17.0 Å². The van der Waals surface area contributed by atoms with Crippen molar-refractivity contribution < 1.29 is 4.74 Å². The summed E-state index contributed by atoms with van der Waals surface area (Å²) in [6, 6.07) is 6.04. The van der Waals surface area contributed by atoms with E-state index in [1.165, 1.54) is 5.56 Å². The van der Waals surface area contributed by atoms with Crippen LogP contribution < -0.4 is 10.1 Å². The molecule has 19 heavy (non-hydrogen) atoms. The lowest BCUT2D eigenvalue weighted by molar-refractivity contribution is 0.404. The molecule has 0 aliphatic heterocycles. The minimum atomic E-state index is -0.0603. The van der Waals surface area contributed by atoms with Crippen LogP contribution in [0.5, 0.6) is 5.75 Å². The highest BCUT2D eigenvalue weighted by Crippen LogP contribution is 2.33. The van der Waals surface area contributed by atoms with E-state index in [1.807, 2.05) is 26.2 Å². The van der Waals surface area contributed by atoms with E-state index in [-0.39, 0.29) is 6.04 Å². The number of nitrogens with one attached hydrogen (secondary N) is 1. The van der Waals surface area contributed by atoms with E-state index in [2.05, 4.69) is 23.4 Å². The highest BCUT2D eigenvalue weighted by atomic mass is 35.5. The SMILES string of the molecule is CNC(c1cc(C)ccc1OC)c1c(Cl)cnn1C. The molecule has 0 saturated carbocycles. The first-order valence-electron chi connectivity index (χ1n) is 6.07. The lowest BCUT2D eigenvalue weighted by atomic mass is 10.0. The molecule has 0 aliphatic rings. The number of hydrogen-bond donors (Lipinski definition) is 1. The standard InChI is InChI=1S/C14H18ClN3O/c1-9-5-6-12(19-4)10(7-9)13(16-2)14-11(15)8-17-18(14)3/h5-8,13,16H,1-4H3. The molecule has 2 rings (SSSR count). The van der Waals surface area contributed by atoms with Gasteiger partial charge >= 0.3 is 0 Å². The van der Waals surface area contributed by atoms with Crippen molar-refractivity contribution in [3.63, 3.8) is 0 Å². The number of hydrogen-bond acceptors (Lipinski definition) is 3. The Morgan fingerprint density at radius 1 is 1.42 bits per heavy atom. The van der Waals surface area contributed by atoms with E-state index in [1.54, 1.807) is 18.0 Å². The topological polar surface area (TPSA) is 39.1 Å². The molecular formula is C14H18ClN3O. The second kappa shape index (κ2) is 5.63. The molecule has 4 nitrogen and oxygen atoms in total. The fourth-order valence-electron chi connectivity index (χ4n) is 2.26. The summed E-state index contributed by atoms with van der Waals surface area (Å²) in [5, 5.41) is 8.12. The van der Waals surface area contributed by atoms with E-state index in [9.17, 15) is 0 Å². The number of aryl methyl sites for hydroxylation is 2. The van der Waals surface area contributed by atoms with Gasteiger partial charge in [0.2, 0.25) is 0 Å². The van der Waals surface area contributed by atoms with Crippen LogP contribution in [0.1, 0.15) is 22.9 Å². The summed E-state index contributed by atoms with van der Waals surface area (Å²) in [7, 11) is 5.45. The summed E-state index contributed by atoms with van der Waals surface area (Å²) in [6.07, 6.45) is 1.66. The molecule has 1 atom stereocenters. The van der Waals surface area contributed by atoms with Crippen LogP contribution in [0.25, 0.3) is 0 Å². The molecular weight excluding hydrogens is 262 g/mol. The molecule has 0 fully saturated rings. The Labute approximate surface area is 118 Å². The number of ether oxygens (including phenoxy) is 1. The van der Waals surface area contributed by atoms with Gasteiger partial charge in [-0.1, -0.05) is 29.3 Å². The first kappa shape index (κ1) is 13.9. The Morgan fingerprint density at radius 3 is 2.68 bits per heavy atom. The Hall–Kier alpha value is -1.52. The zero-order valence-corrected chi connectivity index (χ0v) is 12.3. The Bertz CT molecular complexity index is 561. The van der Waals surface area contributed by atoms with Crippen molar-refractivity contribution in [3.05, 3.63) is 46.2 Å². The molecule has 0 radical (unpaired) electrons. The van der Waals surface area contributed by atoms with Gasteiger partial charge in [0.25, 0.3) is 0 Å². The number of aromatic nitrogens is 2. The summed E-state index contributed by atoms with van der Waals surface area (Å²) in [4.78, 5) is 0. The maximum Gasteiger partial charge on any atom is 0.124 e. The molecule has 0 amide bonds. The van der Waals surface area contributed by atoms with Gasteiger partial charge in [0.15, 0.2) is 0 Å². The minimum Gasteiger partial charge on any atom is -0.496 e. The van der Waals surface area contributed by atoms with Crippen molar-refractivity contribution in [2.75, 3.05) is 14.2 Å². The summed E-state index contributed by atoms with van der Waals surface area (Å²) in [5.74, 6) is 0.835. The first-order chi connectivity index (χ1) is 9.08. The molecule has 1 aromatic heterocycles. The van der Waals surface area contributed by atoms with Crippen LogP contribution in [0, 0.1) is 6.92 Å². The number of rotatable bonds is 4. The smallest absolute Gasteiger partial charge is 0.124 e. The average Bonchev–Trinajstić information content (AvgIpc) is 2.72. The third-order valence-corrected chi connectivity index (χ3v) is 3.49. The van der Waals surface area contributed by atoms with Crippen LogP contribution in [0.2, 0.25) is 5.02 Å². The predicted molar refractivity (Wildman–Crippen MR) is 76.9 cm³/mol. The zero-order valence-electron chi connectivity index (χ0n) is 11.6. The second-order valence-corrected chi connectivity index (χ2v) is 4.88. The average molecular weight is 280 g/mol. The molecule has 102 valence electrons.